The summed E-state index contributed by atoms with van der Waals surface area (Å²) < 4.78 is 2.39. The molecular weight excluding hydrogens is 842 g/mol. The van der Waals surface area contributed by atoms with Gasteiger partial charge in [0, 0.05) is 33.5 Å². The number of aryl methyl sites for hydroxylation is 2. The van der Waals surface area contributed by atoms with Crippen LogP contribution >= 0.6 is 0 Å². The molecular formula is C66H60B2N2. The molecule has 3 heterocycles. The first kappa shape index (κ1) is 44.0. The summed E-state index contributed by atoms with van der Waals surface area (Å²) in [5.74, 6) is 0. The van der Waals surface area contributed by atoms with Gasteiger partial charge in [0.05, 0.1) is 11.0 Å². The Morgan fingerprint density at radius 3 is 1.26 bits per heavy atom. The van der Waals surface area contributed by atoms with E-state index >= 15 is 0 Å². The van der Waals surface area contributed by atoms with Gasteiger partial charge in [0.1, 0.15) is 0 Å². The minimum atomic E-state index is 0.0400. The second kappa shape index (κ2) is 16.1. The Kier molecular flexibility index (Phi) is 10.1. The molecule has 12 rings (SSSR count). The maximum Gasteiger partial charge on any atom is 0.247 e. The van der Waals surface area contributed by atoms with Crippen LogP contribution in [0.2, 0.25) is 0 Å². The molecule has 0 atom stereocenters. The summed E-state index contributed by atoms with van der Waals surface area (Å²) >= 11 is 0. The van der Waals surface area contributed by atoms with Crippen molar-refractivity contribution < 1.29 is 0 Å². The van der Waals surface area contributed by atoms with E-state index in [2.05, 4.69) is 238 Å². The quantitative estimate of drug-likeness (QED) is 0.156. The third kappa shape index (κ3) is 6.34. The predicted molar refractivity (Wildman–Crippen MR) is 305 cm³/mol. The molecule has 2 aliphatic rings. The van der Waals surface area contributed by atoms with E-state index in [1.54, 1.807) is 0 Å². The Morgan fingerprint density at radius 1 is 0.314 bits per heavy atom. The molecule has 10 aromatic rings. The molecule has 1 aromatic heterocycles. The van der Waals surface area contributed by atoms with E-state index in [-0.39, 0.29) is 13.4 Å². The van der Waals surface area contributed by atoms with Gasteiger partial charge < -0.3 is 9.47 Å². The zero-order valence-corrected chi connectivity index (χ0v) is 42.9. The third-order valence-corrected chi connectivity index (χ3v) is 17.4. The van der Waals surface area contributed by atoms with Gasteiger partial charge in [-0.25, -0.2) is 0 Å². The van der Waals surface area contributed by atoms with Crippen molar-refractivity contribution in [2.24, 2.45) is 0 Å². The number of anilines is 3. The van der Waals surface area contributed by atoms with Crippen molar-refractivity contribution in [3.05, 3.63) is 212 Å². The minimum absolute atomic E-state index is 0.0400. The van der Waals surface area contributed by atoms with E-state index in [1.165, 1.54) is 166 Å². The Bertz CT molecular complexity index is 3650. The van der Waals surface area contributed by atoms with E-state index in [0.717, 1.165) is 0 Å². The molecule has 340 valence electrons. The lowest BCUT2D eigenvalue weighted by atomic mass is 9.29. The summed E-state index contributed by atoms with van der Waals surface area (Å²) in [7, 11) is 0. The fourth-order valence-corrected chi connectivity index (χ4v) is 12.9. The molecule has 2 nitrogen and oxygen atoms in total. The van der Waals surface area contributed by atoms with Crippen LogP contribution in [-0.4, -0.2) is 18.0 Å². The Balaban J connectivity index is 1.12. The Hall–Kier alpha value is -7.29. The molecule has 0 aliphatic carbocycles. The van der Waals surface area contributed by atoms with E-state index in [9.17, 15) is 0 Å². The van der Waals surface area contributed by atoms with Crippen LogP contribution in [0.3, 0.4) is 0 Å². The summed E-state index contributed by atoms with van der Waals surface area (Å²) in [5.41, 5.74) is 37.5. The molecule has 0 saturated carbocycles. The molecule has 0 bridgehead atoms. The molecule has 0 amide bonds. The van der Waals surface area contributed by atoms with E-state index in [0.29, 0.717) is 0 Å². The number of hydrogen-bond donors (Lipinski definition) is 0. The molecule has 70 heavy (non-hydrogen) atoms. The van der Waals surface area contributed by atoms with E-state index in [4.69, 9.17) is 0 Å². The second-order valence-electron chi connectivity index (χ2n) is 20.9. The van der Waals surface area contributed by atoms with Gasteiger partial charge in [0.25, 0.3) is 0 Å². The summed E-state index contributed by atoms with van der Waals surface area (Å²) in [5, 5.41) is 2.53. The lowest BCUT2D eigenvalue weighted by molar-refractivity contribution is 1.18. The number of nitrogens with zero attached hydrogens (tertiary/aromatic N) is 2. The summed E-state index contributed by atoms with van der Waals surface area (Å²) in [6, 6.07) is 55.6. The molecule has 0 unspecified atom stereocenters. The third-order valence-electron chi connectivity index (χ3n) is 17.4. The largest absolute Gasteiger partial charge is 0.313 e. The van der Waals surface area contributed by atoms with Gasteiger partial charge in [-0.2, -0.15) is 0 Å². The highest BCUT2D eigenvalue weighted by atomic mass is 15.2. The van der Waals surface area contributed by atoms with Gasteiger partial charge in [-0.1, -0.05) is 147 Å². The van der Waals surface area contributed by atoms with Gasteiger partial charge in [0.15, 0.2) is 0 Å². The summed E-state index contributed by atoms with van der Waals surface area (Å²) in [4.78, 5) is 2.65. The van der Waals surface area contributed by atoms with Crippen LogP contribution in [0.4, 0.5) is 17.1 Å². The highest BCUT2D eigenvalue weighted by molar-refractivity contribution is 7.02. The first-order valence-corrected chi connectivity index (χ1v) is 25.3. The van der Waals surface area contributed by atoms with Crippen LogP contribution in [0, 0.1) is 83.1 Å². The van der Waals surface area contributed by atoms with Crippen molar-refractivity contribution in [3.8, 4) is 27.9 Å². The van der Waals surface area contributed by atoms with Crippen molar-refractivity contribution in [1.82, 2.24) is 4.57 Å². The maximum absolute atomic E-state index is 2.65. The molecule has 9 aromatic carbocycles. The monoisotopic (exact) mass is 902 g/mol. The van der Waals surface area contributed by atoms with Gasteiger partial charge in [-0.05, 0) is 203 Å². The topological polar surface area (TPSA) is 8.17 Å². The zero-order valence-electron chi connectivity index (χ0n) is 42.9. The summed E-state index contributed by atoms with van der Waals surface area (Å²) in [6.07, 6.45) is 0. The maximum atomic E-state index is 2.65. The molecule has 0 fully saturated rings. The number of hydrogen-bond acceptors (Lipinski definition) is 1. The van der Waals surface area contributed by atoms with Crippen molar-refractivity contribution in [1.29, 1.82) is 0 Å². The number of para-hydroxylation sites is 2. The molecule has 0 N–H and O–H groups in total. The van der Waals surface area contributed by atoms with Gasteiger partial charge in [0.2, 0.25) is 13.4 Å². The van der Waals surface area contributed by atoms with Gasteiger partial charge in [-0.3, -0.25) is 0 Å². The van der Waals surface area contributed by atoms with Crippen LogP contribution < -0.4 is 37.7 Å². The Morgan fingerprint density at radius 2 is 0.743 bits per heavy atom. The van der Waals surface area contributed by atoms with Crippen LogP contribution in [0.25, 0.3) is 49.7 Å². The molecule has 0 spiro atoms. The van der Waals surface area contributed by atoms with Gasteiger partial charge >= 0.3 is 0 Å². The van der Waals surface area contributed by atoms with Crippen molar-refractivity contribution in [2.75, 3.05) is 4.90 Å². The SMILES string of the molecule is Cc1ccc2c(c1)B(c1c(C)c(C)c(C)c(C)c1C)c1cc(-c3ccc(-c4ccc5c(c4)c4ccccc4n5-c4ccccc4)cc3)cc3c1N2c1ccc(C)cc1B3c1c(C)c(C)c(C)c(C)c1C. The van der Waals surface area contributed by atoms with E-state index in [1.807, 2.05) is 0 Å². The predicted octanol–water partition coefficient (Wildman–Crippen LogP) is 12.9. The lowest BCUT2D eigenvalue weighted by Crippen LogP contribution is -2.66. The number of fused-ring (bicyclic) bond motifs is 7. The first-order chi connectivity index (χ1) is 33.7. The normalized spacial score (nSPS) is 12.8. The van der Waals surface area contributed by atoms with Crippen LogP contribution in [0.1, 0.15) is 66.8 Å². The van der Waals surface area contributed by atoms with Crippen LogP contribution in [-0.2, 0) is 0 Å². The van der Waals surface area contributed by atoms with Crippen LogP contribution in [0.5, 0.6) is 0 Å². The number of benzene rings is 9. The summed E-state index contributed by atoms with van der Waals surface area (Å²) in [6.45, 7) is 28.1. The van der Waals surface area contributed by atoms with Crippen molar-refractivity contribution >= 4 is 85.1 Å². The highest BCUT2D eigenvalue weighted by Gasteiger charge is 2.45. The highest BCUT2D eigenvalue weighted by Crippen LogP contribution is 2.41. The van der Waals surface area contributed by atoms with Gasteiger partial charge in [-0.15, -0.1) is 0 Å². The second-order valence-corrected chi connectivity index (χ2v) is 20.9. The smallest absolute Gasteiger partial charge is 0.247 e. The molecule has 4 heteroatoms. The van der Waals surface area contributed by atoms with Crippen LogP contribution in [0.15, 0.2) is 146 Å². The lowest BCUT2D eigenvalue weighted by Gasteiger charge is -2.45. The number of rotatable bonds is 5. The molecule has 0 saturated heterocycles. The fourth-order valence-electron chi connectivity index (χ4n) is 12.9. The first-order valence-electron chi connectivity index (χ1n) is 25.3. The van der Waals surface area contributed by atoms with Crippen molar-refractivity contribution in [2.45, 2.75) is 83.1 Å². The Labute approximate surface area is 415 Å². The minimum Gasteiger partial charge on any atom is -0.313 e. The van der Waals surface area contributed by atoms with E-state index < -0.39 is 0 Å². The standard InChI is InChI=1S/C66H60B2N2/c1-37-22-29-62-56(32-37)67(64-45(9)41(5)39(3)42(6)46(64)10)58-35-52(36-59-66(58)70(62)63-30-23-38(2)33-57(63)68(59)65-47(11)43(7)40(4)44(8)48(65)12)50-26-24-49(25-27-50)51-28-31-61-55(34-51)54-20-16-17-21-60(54)69(61)53-18-14-13-15-19-53/h13-36H,1-12H3. The fraction of sp³-hybridized carbons (Fsp3) is 0.182. The molecule has 2 aliphatic heterocycles. The number of aromatic nitrogens is 1. The average molecular weight is 903 g/mol. The average Bonchev–Trinajstić information content (AvgIpc) is 3.71. The zero-order chi connectivity index (χ0) is 48.6. The molecule has 0 radical (unpaired) electrons. The van der Waals surface area contributed by atoms with Crippen molar-refractivity contribution in [3.63, 3.8) is 0 Å².